The number of amidine groups is 1. The van der Waals surface area contributed by atoms with Gasteiger partial charge in [-0.2, -0.15) is 0 Å². The van der Waals surface area contributed by atoms with E-state index in [0.29, 0.717) is 11.9 Å². The Morgan fingerprint density at radius 2 is 2.08 bits per heavy atom. The number of ether oxygens (including phenoxy) is 1. The molecule has 3 rings (SSSR count). The third-order valence-electron chi connectivity index (χ3n) is 4.05. The summed E-state index contributed by atoms with van der Waals surface area (Å²) in [6.07, 6.45) is 0.859. The van der Waals surface area contributed by atoms with Crippen LogP contribution in [0.5, 0.6) is 5.75 Å². The van der Waals surface area contributed by atoms with Gasteiger partial charge < -0.3 is 15.4 Å². The van der Waals surface area contributed by atoms with E-state index in [1.807, 2.05) is 13.0 Å². The van der Waals surface area contributed by atoms with Gasteiger partial charge in [0, 0.05) is 7.05 Å². The van der Waals surface area contributed by atoms with Crippen LogP contribution < -0.4 is 15.4 Å². The van der Waals surface area contributed by atoms with E-state index in [1.54, 1.807) is 11.3 Å². The molecular weight excluding hydrogens is 365 g/mol. The van der Waals surface area contributed by atoms with E-state index in [9.17, 15) is 0 Å². The van der Waals surface area contributed by atoms with Gasteiger partial charge in [-0.25, -0.2) is 4.99 Å². The normalized spacial score (nSPS) is 16.6. The number of nitrogens with two attached hydrogens (primary N) is 1. The van der Waals surface area contributed by atoms with Crippen LogP contribution in [-0.4, -0.2) is 19.0 Å². The van der Waals surface area contributed by atoms with Gasteiger partial charge in [0.15, 0.2) is 6.10 Å². The first-order chi connectivity index (χ1) is 10.6. The summed E-state index contributed by atoms with van der Waals surface area (Å²) in [6.45, 7) is 4.11. The van der Waals surface area contributed by atoms with Crippen LogP contribution in [0.1, 0.15) is 31.9 Å². The molecule has 2 N–H and O–H groups in total. The molecule has 0 fully saturated rings. The van der Waals surface area contributed by atoms with Crippen LogP contribution in [-0.2, 0) is 0 Å². The molecule has 2 aromatic rings. The fourth-order valence-electron chi connectivity index (χ4n) is 2.77. The third kappa shape index (κ3) is 3.97. The first-order valence-corrected chi connectivity index (χ1v) is 8.39. The molecule has 0 bridgehead atoms. The molecule has 0 saturated heterocycles. The van der Waals surface area contributed by atoms with Crippen molar-refractivity contribution in [2.24, 2.45) is 10.7 Å². The predicted molar refractivity (Wildman–Crippen MR) is 108 cm³/mol. The van der Waals surface area contributed by atoms with Crippen molar-refractivity contribution in [3.05, 3.63) is 41.3 Å². The van der Waals surface area contributed by atoms with E-state index in [4.69, 9.17) is 10.5 Å². The number of fused-ring (bicyclic) bond motifs is 1. The van der Waals surface area contributed by atoms with Gasteiger partial charge in [0.05, 0.1) is 11.0 Å². The SMILES string of the molecule is CCC(c1ccc2c(c1)N=C(N)C(C)O2)N(C)c1cccs1.Cl.Cl. The Labute approximate surface area is 159 Å². The number of aliphatic imine (C=N–C) groups is 1. The molecule has 0 saturated carbocycles. The minimum atomic E-state index is -0.158. The van der Waals surface area contributed by atoms with Crippen molar-refractivity contribution in [3.8, 4) is 5.75 Å². The molecule has 0 radical (unpaired) electrons. The Bertz CT molecular complexity index is 691. The third-order valence-corrected chi connectivity index (χ3v) is 5.00. The summed E-state index contributed by atoms with van der Waals surface area (Å²) in [5.74, 6) is 1.34. The Balaban J connectivity index is 0.00000144. The highest BCUT2D eigenvalue weighted by molar-refractivity contribution is 7.14. The molecule has 0 aliphatic carbocycles. The lowest BCUT2D eigenvalue weighted by molar-refractivity contribution is 0.281. The Kier molecular flexibility index (Phi) is 7.39. The molecule has 1 aliphatic rings. The van der Waals surface area contributed by atoms with Crippen molar-refractivity contribution >= 4 is 52.7 Å². The maximum Gasteiger partial charge on any atom is 0.153 e. The van der Waals surface area contributed by atoms with Crippen LogP contribution in [0.2, 0.25) is 0 Å². The molecule has 132 valence electrons. The highest BCUT2D eigenvalue weighted by Gasteiger charge is 2.22. The molecule has 7 heteroatoms. The van der Waals surface area contributed by atoms with E-state index >= 15 is 0 Å². The zero-order valence-electron chi connectivity index (χ0n) is 13.9. The van der Waals surface area contributed by atoms with Gasteiger partial charge in [-0.3, -0.25) is 0 Å². The molecule has 0 spiro atoms. The summed E-state index contributed by atoms with van der Waals surface area (Å²) in [7, 11) is 2.13. The van der Waals surface area contributed by atoms with Gasteiger partial charge in [0.25, 0.3) is 0 Å². The molecular formula is C17H23Cl2N3OS. The number of halogens is 2. The van der Waals surface area contributed by atoms with Crippen LogP contribution in [0.3, 0.4) is 0 Å². The fraction of sp³-hybridized carbons (Fsp3) is 0.353. The van der Waals surface area contributed by atoms with Gasteiger partial charge in [-0.05, 0) is 48.6 Å². The van der Waals surface area contributed by atoms with Crippen molar-refractivity contribution in [2.75, 3.05) is 11.9 Å². The molecule has 0 amide bonds. The summed E-state index contributed by atoms with van der Waals surface area (Å²) in [5, 5.41) is 3.36. The molecule has 24 heavy (non-hydrogen) atoms. The Morgan fingerprint density at radius 1 is 1.33 bits per heavy atom. The standard InChI is InChI=1S/C17H21N3OS.2ClH/c1-4-14(20(3)16-6-5-9-22-16)12-7-8-15-13(10-12)19-17(18)11(2)21-15;;/h5-11,14H,4H2,1-3H3,(H2,18,19);2*1H. The summed E-state index contributed by atoms with van der Waals surface area (Å²) in [4.78, 5) is 6.79. The van der Waals surface area contributed by atoms with Crippen LogP contribution >= 0.6 is 36.2 Å². The van der Waals surface area contributed by atoms with Crippen LogP contribution in [0.4, 0.5) is 10.7 Å². The number of thiophene rings is 1. The largest absolute Gasteiger partial charge is 0.481 e. The lowest BCUT2D eigenvalue weighted by atomic mass is 10.0. The zero-order chi connectivity index (χ0) is 15.7. The number of anilines is 1. The van der Waals surface area contributed by atoms with Crippen LogP contribution in [0.25, 0.3) is 0 Å². The van der Waals surface area contributed by atoms with Gasteiger partial charge in [0.1, 0.15) is 17.3 Å². The lowest BCUT2D eigenvalue weighted by Crippen LogP contribution is -2.33. The highest BCUT2D eigenvalue weighted by atomic mass is 35.5. The topological polar surface area (TPSA) is 50.9 Å². The quantitative estimate of drug-likeness (QED) is 0.806. The number of benzene rings is 1. The highest BCUT2D eigenvalue weighted by Crippen LogP contribution is 2.37. The van der Waals surface area contributed by atoms with E-state index < -0.39 is 0 Å². The summed E-state index contributed by atoms with van der Waals surface area (Å²) >= 11 is 1.75. The monoisotopic (exact) mass is 387 g/mol. The number of rotatable bonds is 4. The van der Waals surface area contributed by atoms with E-state index in [-0.39, 0.29) is 30.9 Å². The number of hydrogen-bond acceptors (Lipinski definition) is 5. The lowest BCUT2D eigenvalue weighted by Gasteiger charge is -2.29. The predicted octanol–water partition coefficient (Wildman–Crippen LogP) is 4.95. The summed E-state index contributed by atoms with van der Waals surface area (Å²) in [5.41, 5.74) is 7.96. The van der Waals surface area contributed by atoms with Gasteiger partial charge in [-0.1, -0.05) is 13.0 Å². The van der Waals surface area contributed by atoms with E-state index in [0.717, 1.165) is 17.9 Å². The van der Waals surface area contributed by atoms with Gasteiger partial charge in [-0.15, -0.1) is 36.2 Å². The summed E-state index contributed by atoms with van der Waals surface area (Å²) in [6, 6.07) is 10.7. The number of nitrogens with zero attached hydrogens (tertiary/aromatic N) is 2. The molecule has 1 aliphatic heterocycles. The van der Waals surface area contributed by atoms with Crippen LogP contribution in [0.15, 0.2) is 40.7 Å². The second-order valence-electron chi connectivity index (χ2n) is 5.51. The van der Waals surface area contributed by atoms with Crippen molar-refractivity contribution in [3.63, 3.8) is 0 Å². The maximum atomic E-state index is 5.90. The Morgan fingerprint density at radius 3 is 2.71 bits per heavy atom. The van der Waals surface area contributed by atoms with Gasteiger partial charge >= 0.3 is 0 Å². The summed E-state index contributed by atoms with van der Waals surface area (Å²) < 4.78 is 5.78. The van der Waals surface area contributed by atoms with Crippen molar-refractivity contribution in [1.82, 2.24) is 0 Å². The minimum Gasteiger partial charge on any atom is -0.481 e. The van der Waals surface area contributed by atoms with E-state index in [2.05, 4.69) is 53.5 Å². The first-order valence-electron chi connectivity index (χ1n) is 7.51. The molecule has 1 aromatic carbocycles. The molecule has 4 nitrogen and oxygen atoms in total. The maximum absolute atomic E-state index is 5.90. The fourth-order valence-corrected chi connectivity index (χ4v) is 3.51. The van der Waals surface area contributed by atoms with Crippen molar-refractivity contribution in [1.29, 1.82) is 0 Å². The Hall–Kier alpha value is -1.43. The molecule has 2 atom stereocenters. The second kappa shape index (κ2) is 8.60. The molecule has 1 aromatic heterocycles. The van der Waals surface area contributed by atoms with Crippen molar-refractivity contribution < 1.29 is 4.74 Å². The smallest absolute Gasteiger partial charge is 0.153 e. The molecule has 2 unspecified atom stereocenters. The number of hydrogen-bond donors (Lipinski definition) is 1. The first kappa shape index (κ1) is 20.6. The average Bonchev–Trinajstić information content (AvgIpc) is 3.03. The molecule has 2 heterocycles. The van der Waals surface area contributed by atoms with Gasteiger partial charge in [0.2, 0.25) is 0 Å². The van der Waals surface area contributed by atoms with E-state index in [1.165, 1.54) is 10.6 Å². The second-order valence-corrected chi connectivity index (χ2v) is 6.44. The minimum absolute atomic E-state index is 0. The zero-order valence-corrected chi connectivity index (χ0v) is 16.4. The average molecular weight is 388 g/mol. The van der Waals surface area contributed by atoms with Crippen molar-refractivity contribution in [2.45, 2.75) is 32.4 Å². The van der Waals surface area contributed by atoms with Crippen LogP contribution in [0, 0.1) is 0 Å².